The monoisotopic (exact) mass is 303 g/mol. The molecule has 2 rings (SSSR count). The first kappa shape index (κ1) is 12.6. The van der Waals surface area contributed by atoms with Gasteiger partial charge in [0.25, 0.3) is 0 Å². The van der Waals surface area contributed by atoms with Crippen LogP contribution in [-0.2, 0) is 4.74 Å². The maximum absolute atomic E-state index is 5.81. The van der Waals surface area contributed by atoms with Crippen molar-refractivity contribution < 1.29 is 4.74 Å². The van der Waals surface area contributed by atoms with Crippen LogP contribution >= 0.6 is 27.3 Å². The average molecular weight is 304 g/mol. The van der Waals surface area contributed by atoms with Crippen molar-refractivity contribution in [1.29, 1.82) is 0 Å². The molecule has 0 aliphatic carbocycles. The number of aryl methyl sites for hydroxylation is 1. The Hall–Kier alpha value is 0.1000. The lowest BCUT2D eigenvalue weighted by Gasteiger charge is -2.24. The molecule has 1 aromatic rings. The molecule has 0 aromatic carbocycles. The van der Waals surface area contributed by atoms with Gasteiger partial charge in [-0.05, 0) is 53.9 Å². The Bertz CT molecular complexity index is 347. The summed E-state index contributed by atoms with van der Waals surface area (Å²) in [6, 6.07) is 2.59. The van der Waals surface area contributed by atoms with Gasteiger partial charge in [-0.3, -0.25) is 0 Å². The smallest absolute Gasteiger partial charge is 0.0770 e. The van der Waals surface area contributed by atoms with Gasteiger partial charge in [0.2, 0.25) is 0 Å². The van der Waals surface area contributed by atoms with Crippen molar-refractivity contribution in [2.24, 2.45) is 0 Å². The number of ether oxygens (including phenoxy) is 1. The minimum absolute atomic E-state index is 0.347. The molecule has 1 aliphatic heterocycles. The second-order valence-corrected chi connectivity index (χ2v) is 6.78. The highest BCUT2D eigenvalue weighted by Gasteiger charge is 2.28. The lowest BCUT2D eigenvalue weighted by Crippen LogP contribution is -2.31. The van der Waals surface area contributed by atoms with Crippen LogP contribution < -0.4 is 5.32 Å². The maximum atomic E-state index is 5.81. The van der Waals surface area contributed by atoms with Crippen molar-refractivity contribution in [3.8, 4) is 0 Å². The summed E-state index contributed by atoms with van der Waals surface area (Å²) in [5.41, 5.74) is 1.39. The highest BCUT2D eigenvalue weighted by atomic mass is 79.9. The molecule has 1 aliphatic rings. The third-order valence-corrected chi connectivity index (χ3v) is 4.59. The van der Waals surface area contributed by atoms with Gasteiger partial charge in [0, 0.05) is 11.5 Å². The van der Waals surface area contributed by atoms with Crippen molar-refractivity contribution >= 4 is 27.3 Å². The first-order valence-electron chi connectivity index (χ1n) is 5.83. The van der Waals surface area contributed by atoms with Crippen LogP contribution in [0.3, 0.4) is 0 Å². The number of hydrogen-bond donors (Lipinski definition) is 1. The van der Waals surface area contributed by atoms with E-state index in [1.54, 1.807) is 11.3 Å². The summed E-state index contributed by atoms with van der Waals surface area (Å²) in [6.07, 6.45) is 2.71. The molecule has 1 fully saturated rings. The molecule has 0 amide bonds. The van der Waals surface area contributed by atoms with Gasteiger partial charge in [0.15, 0.2) is 0 Å². The van der Waals surface area contributed by atoms with Gasteiger partial charge in [0.1, 0.15) is 0 Å². The van der Waals surface area contributed by atoms with Gasteiger partial charge in [0.05, 0.1) is 15.9 Å². The highest BCUT2D eigenvalue weighted by Crippen LogP contribution is 2.35. The van der Waals surface area contributed by atoms with Crippen LogP contribution in [0.1, 0.15) is 36.2 Å². The molecule has 0 radical (unpaired) electrons. The van der Waals surface area contributed by atoms with Gasteiger partial charge in [-0.2, -0.15) is 0 Å². The van der Waals surface area contributed by atoms with E-state index in [1.807, 2.05) is 0 Å². The van der Waals surface area contributed by atoms with Crippen LogP contribution in [0, 0.1) is 6.92 Å². The topological polar surface area (TPSA) is 21.3 Å². The molecule has 90 valence electrons. The average Bonchev–Trinajstić information content (AvgIpc) is 2.85. The van der Waals surface area contributed by atoms with Crippen LogP contribution in [0.15, 0.2) is 9.85 Å². The summed E-state index contributed by atoms with van der Waals surface area (Å²) in [4.78, 5) is 1.38. The SMILES string of the molecule is CCNC(c1cc(Br)sc1C)C1CCCO1. The fourth-order valence-electron chi connectivity index (χ4n) is 2.29. The van der Waals surface area contributed by atoms with Gasteiger partial charge in [-0.25, -0.2) is 0 Å². The Morgan fingerprint density at radius 2 is 2.50 bits per heavy atom. The Balaban J connectivity index is 2.20. The van der Waals surface area contributed by atoms with Crippen molar-refractivity contribution in [1.82, 2.24) is 5.32 Å². The fraction of sp³-hybridized carbons (Fsp3) is 0.667. The standard InChI is InChI=1S/C12H18BrNOS/c1-3-14-12(10-5-4-6-15-10)9-7-11(13)16-8(9)2/h7,10,12,14H,3-6H2,1-2H3. The molecule has 2 heterocycles. The molecule has 0 saturated carbocycles. The van der Waals surface area contributed by atoms with Gasteiger partial charge in [-0.15, -0.1) is 11.3 Å². The fourth-order valence-corrected chi connectivity index (χ4v) is 4.05. The molecule has 1 saturated heterocycles. The predicted molar refractivity (Wildman–Crippen MR) is 72.1 cm³/mol. The quantitative estimate of drug-likeness (QED) is 0.917. The molecule has 16 heavy (non-hydrogen) atoms. The molecule has 0 bridgehead atoms. The van der Waals surface area contributed by atoms with Crippen LogP contribution in [0.2, 0.25) is 0 Å². The molecule has 4 heteroatoms. The van der Waals surface area contributed by atoms with Crippen LogP contribution in [0.5, 0.6) is 0 Å². The van der Waals surface area contributed by atoms with Crippen molar-refractivity contribution in [2.75, 3.05) is 13.2 Å². The molecular formula is C12H18BrNOS. The van der Waals surface area contributed by atoms with E-state index in [4.69, 9.17) is 4.74 Å². The van der Waals surface area contributed by atoms with E-state index in [1.165, 1.54) is 27.1 Å². The summed E-state index contributed by atoms with van der Waals surface area (Å²) < 4.78 is 7.02. The third-order valence-electron chi connectivity index (χ3n) is 3.02. The maximum Gasteiger partial charge on any atom is 0.0770 e. The molecule has 0 spiro atoms. The van der Waals surface area contributed by atoms with Gasteiger partial charge >= 0.3 is 0 Å². The number of halogens is 1. The molecule has 1 aromatic heterocycles. The zero-order valence-electron chi connectivity index (χ0n) is 9.75. The largest absolute Gasteiger partial charge is 0.376 e. The predicted octanol–water partition coefficient (Wildman–Crippen LogP) is 3.65. The third kappa shape index (κ3) is 2.67. The second-order valence-electron chi connectivity index (χ2n) is 4.15. The summed E-state index contributed by atoms with van der Waals surface area (Å²) in [5, 5.41) is 3.56. The van der Waals surface area contributed by atoms with Gasteiger partial charge in [-0.1, -0.05) is 6.92 Å². The van der Waals surface area contributed by atoms with E-state index < -0.39 is 0 Å². The molecule has 1 N–H and O–H groups in total. The Morgan fingerprint density at radius 1 is 1.69 bits per heavy atom. The number of likely N-dealkylation sites (N-methyl/N-ethyl adjacent to an activating group) is 1. The van der Waals surface area contributed by atoms with Crippen molar-refractivity contribution in [3.05, 3.63) is 20.3 Å². The Kier molecular flexibility index (Phi) is 4.41. The highest BCUT2D eigenvalue weighted by molar-refractivity contribution is 9.11. The van der Waals surface area contributed by atoms with Crippen LogP contribution in [0.4, 0.5) is 0 Å². The van der Waals surface area contributed by atoms with E-state index in [0.29, 0.717) is 12.1 Å². The van der Waals surface area contributed by atoms with E-state index >= 15 is 0 Å². The Morgan fingerprint density at radius 3 is 3.00 bits per heavy atom. The second kappa shape index (κ2) is 5.63. The van der Waals surface area contributed by atoms with Crippen LogP contribution in [-0.4, -0.2) is 19.3 Å². The minimum Gasteiger partial charge on any atom is -0.376 e. The van der Waals surface area contributed by atoms with E-state index in [-0.39, 0.29) is 0 Å². The summed E-state index contributed by atoms with van der Waals surface area (Å²) in [6.45, 7) is 6.23. The first-order chi connectivity index (χ1) is 7.72. The lowest BCUT2D eigenvalue weighted by molar-refractivity contribution is 0.0787. The molecule has 2 unspecified atom stereocenters. The van der Waals surface area contributed by atoms with E-state index in [0.717, 1.165) is 13.2 Å². The number of hydrogen-bond acceptors (Lipinski definition) is 3. The van der Waals surface area contributed by atoms with Crippen molar-refractivity contribution in [3.63, 3.8) is 0 Å². The summed E-state index contributed by atoms with van der Waals surface area (Å²) >= 11 is 5.36. The normalized spacial score (nSPS) is 22.6. The Labute approximate surface area is 110 Å². The van der Waals surface area contributed by atoms with E-state index in [9.17, 15) is 0 Å². The van der Waals surface area contributed by atoms with Crippen LogP contribution in [0.25, 0.3) is 0 Å². The lowest BCUT2D eigenvalue weighted by atomic mass is 10.0. The van der Waals surface area contributed by atoms with Gasteiger partial charge < -0.3 is 10.1 Å². The number of thiophene rings is 1. The first-order valence-corrected chi connectivity index (χ1v) is 7.44. The summed E-state index contributed by atoms with van der Waals surface area (Å²) in [7, 11) is 0. The summed E-state index contributed by atoms with van der Waals surface area (Å²) in [5.74, 6) is 0. The minimum atomic E-state index is 0.347. The van der Waals surface area contributed by atoms with Crippen molar-refractivity contribution in [2.45, 2.75) is 38.8 Å². The zero-order valence-corrected chi connectivity index (χ0v) is 12.2. The number of nitrogens with one attached hydrogen (secondary N) is 1. The molecule has 2 nitrogen and oxygen atoms in total. The molecule has 2 atom stereocenters. The van der Waals surface area contributed by atoms with E-state index in [2.05, 4.69) is 41.2 Å². The molecular weight excluding hydrogens is 286 g/mol. The number of rotatable bonds is 4. The zero-order chi connectivity index (χ0) is 11.5.